The van der Waals surface area contributed by atoms with Gasteiger partial charge in [0.15, 0.2) is 11.6 Å². The summed E-state index contributed by atoms with van der Waals surface area (Å²) in [6, 6.07) is 7.99. The maximum atomic E-state index is 14.6. The van der Waals surface area contributed by atoms with Crippen LogP contribution in [0.15, 0.2) is 42.6 Å². The van der Waals surface area contributed by atoms with Crippen LogP contribution in [0.2, 0.25) is 0 Å². The second kappa shape index (κ2) is 9.38. The summed E-state index contributed by atoms with van der Waals surface area (Å²) < 4.78 is 21.9. The van der Waals surface area contributed by atoms with Crippen molar-refractivity contribution in [2.24, 2.45) is 34.0 Å². The molecule has 4 aliphatic carbocycles. The molecule has 3 spiro atoms. The van der Waals surface area contributed by atoms with Gasteiger partial charge in [0, 0.05) is 22.8 Å². The largest absolute Gasteiger partial charge is 0.390 e. The predicted molar refractivity (Wildman–Crippen MR) is 170 cm³/mol. The van der Waals surface area contributed by atoms with Crippen LogP contribution in [0.1, 0.15) is 92.2 Å². The fourth-order valence-electron chi connectivity index (χ4n) is 11.6. The average Bonchev–Trinajstić information content (AvgIpc) is 3.52. The summed E-state index contributed by atoms with van der Waals surface area (Å²) in [7, 11) is 0. The highest BCUT2D eigenvalue weighted by Crippen LogP contribution is 2.80. The Morgan fingerprint density at radius 2 is 1.80 bits per heavy atom. The summed E-state index contributed by atoms with van der Waals surface area (Å²) in [5.74, 6) is -3.64. The Kier molecular flexibility index (Phi) is 6.29. The number of fused-ring (bicyclic) bond motifs is 1. The topological polar surface area (TPSA) is 116 Å². The monoisotopic (exact) mass is 631 g/mol. The van der Waals surface area contributed by atoms with Crippen molar-refractivity contribution in [1.82, 2.24) is 15.0 Å². The summed E-state index contributed by atoms with van der Waals surface area (Å²) in [6.45, 7) is 19.1. The Labute approximate surface area is 271 Å². The third-order valence-corrected chi connectivity index (χ3v) is 13.2. The molecule has 7 fully saturated rings. The molecule has 0 radical (unpaired) electrons. The molecule has 2 aromatic rings. The predicted octanol–water partition coefficient (Wildman–Crippen LogP) is 5.36. The van der Waals surface area contributed by atoms with Gasteiger partial charge in [-0.3, -0.25) is 4.79 Å². The van der Waals surface area contributed by atoms with Gasteiger partial charge in [-0.1, -0.05) is 77.1 Å². The van der Waals surface area contributed by atoms with E-state index in [-0.39, 0.29) is 35.6 Å². The van der Waals surface area contributed by atoms with E-state index in [1.54, 1.807) is 0 Å². The minimum absolute atomic E-state index is 0.0427. The Bertz CT molecular complexity index is 1610. The van der Waals surface area contributed by atoms with Gasteiger partial charge in [0.1, 0.15) is 17.2 Å². The van der Waals surface area contributed by atoms with Crippen LogP contribution in [0.5, 0.6) is 0 Å². The second-order valence-electron chi connectivity index (χ2n) is 17.0. The highest BCUT2D eigenvalue weighted by molar-refractivity contribution is 6.05. The van der Waals surface area contributed by atoms with Crippen LogP contribution in [0.25, 0.3) is 11.3 Å². The van der Waals surface area contributed by atoms with Gasteiger partial charge >= 0.3 is 0 Å². The standard InChI is InChI=1S/C37H49N3O6/c1-9-16-34(8)17-25(40-18-24(38-39-40)21-10-12-22(13-11-21)32(3,4)5)29(42)35-19-44-37(30(43)27(34)35)36-26(35)15-14-23(20(2)28(36)41)31(36)45-33(6,7)46-37/h10-13,18,23,25-27,29-31,42-43H,2,9,14-17,19H2,1,3-8H3/t23-,25-,26-,27+,29+,30-,31+,34+,35-,36-,37?/m0/s1. The van der Waals surface area contributed by atoms with Crippen LogP contribution in [-0.4, -0.2) is 67.5 Å². The zero-order valence-electron chi connectivity index (χ0n) is 28.2. The van der Waals surface area contributed by atoms with Gasteiger partial charge in [-0.15, -0.1) is 5.10 Å². The number of benzene rings is 1. The smallest absolute Gasteiger partial charge is 0.213 e. The molecule has 248 valence electrons. The molecule has 0 amide bonds. The van der Waals surface area contributed by atoms with Crippen LogP contribution in [0.4, 0.5) is 0 Å². The number of nitrogens with zero attached hydrogens (tertiary/aromatic N) is 3. The number of rotatable bonds is 4. The van der Waals surface area contributed by atoms with Crippen molar-refractivity contribution in [3.63, 3.8) is 0 Å². The van der Waals surface area contributed by atoms with E-state index in [0.29, 0.717) is 18.4 Å². The quantitative estimate of drug-likeness (QED) is 0.434. The third-order valence-electron chi connectivity index (χ3n) is 13.2. The lowest BCUT2D eigenvalue weighted by Crippen LogP contribution is -2.89. The number of hydrogen-bond acceptors (Lipinski definition) is 8. The third kappa shape index (κ3) is 3.51. The van der Waals surface area contributed by atoms with Gasteiger partial charge in [-0.05, 0) is 67.4 Å². The molecule has 1 unspecified atom stereocenters. The van der Waals surface area contributed by atoms with Gasteiger partial charge < -0.3 is 24.4 Å². The van der Waals surface area contributed by atoms with Gasteiger partial charge in [0.25, 0.3) is 0 Å². The van der Waals surface area contributed by atoms with Crippen LogP contribution < -0.4 is 0 Å². The lowest BCUT2D eigenvalue weighted by atomic mass is 9.34. The molecular weight excluding hydrogens is 582 g/mol. The van der Waals surface area contributed by atoms with E-state index in [4.69, 9.17) is 14.2 Å². The van der Waals surface area contributed by atoms with Crippen molar-refractivity contribution in [2.45, 2.75) is 122 Å². The number of carbonyl (C=O) groups excluding carboxylic acids is 1. The van der Waals surface area contributed by atoms with Crippen LogP contribution in [0, 0.1) is 34.0 Å². The number of ketones is 1. The van der Waals surface area contributed by atoms with E-state index in [1.807, 2.05) is 24.7 Å². The first-order chi connectivity index (χ1) is 21.6. The Morgan fingerprint density at radius 1 is 1.09 bits per heavy atom. The van der Waals surface area contributed by atoms with E-state index in [2.05, 4.69) is 75.8 Å². The molecule has 3 saturated heterocycles. The Hall–Kier alpha value is -2.43. The molecule has 46 heavy (non-hydrogen) atoms. The number of hydrogen-bond donors (Lipinski definition) is 2. The normalized spacial score (nSPS) is 45.5. The number of carbonyl (C=O) groups is 1. The number of aliphatic hydroxyl groups excluding tert-OH is 2. The van der Waals surface area contributed by atoms with Crippen molar-refractivity contribution in [1.29, 1.82) is 0 Å². The van der Waals surface area contributed by atoms with Crippen LogP contribution in [0.3, 0.4) is 0 Å². The van der Waals surface area contributed by atoms with Crippen molar-refractivity contribution >= 4 is 5.78 Å². The molecular formula is C37H49N3O6. The first-order valence-electron chi connectivity index (χ1n) is 17.2. The Balaban J connectivity index is 1.27. The molecule has 4 heterocycles. The zero-order chi connectivity index (χ0) is 32.8. The molecule has 9 heteroatoms. The first kappa shape index (κ1) is 30.9. The molecule has 9 nitrogen and oxygen atoms in total. The molecule has 9 rings (SSSR count). The van der Waals surface area contributed by atoms with E-state index >= 15 is 0 Å². The van der Waals surface area contributed by atoms with Crippen molar-refractivity contribution in [3.8, 4) is 11.3 Å². The molecule has 11 atom stereocenters. The summed E-state index contributed by atoms with van der Waals surface area (Å²) >= 11 is 0. The molecule has 4 bridgehead atoms. The molecule has 3 aliphatic heterocycles. The average molecular weight is 632 g/mol. The summed E-state index contributed by atoms with van der Waals surface area (Å²) in [6.07, 6.45) is 3.06. The van der Waals surface area contributed by atoms with Crippen molar-refractivity contribution in [2.75, 3.05) is 6.61 Å². The molecule has 1 aromatic carbocycles. The molecule has 2 N–H and O–H groups in total. The first-order valence-corrected chi connectivity index (χ1v) is 17.2. The van der Waals surface area contributed by atoms with Crippen LogP contribution in [-0.2, 0) is 24.4 Å². The number of Topliss-reactive ketones (excluding diaryl/α,β-unsaturated/α-hetero) is 1. The Morgan fingerprint density at radius 3 is 2.48 bits per heavy atom. The minimum atomic E-state index is -1.58. The second-order valence-corrected chi connectivity index (χ2v) is 17.0. The van der Waals surface area contributed by atoms with E-state index in [0.717, 1.165) is 30.5 Å². The van der Waals surface area contributed by atoms with E-state index in [1.165, 1.54) is 5.56 Å². The summed E-state index contributed by atoms with van der Waals surface area (Å²) in [5, 5.41) is 34.7. The highest BCUT2D eigenvalue weighted by Gasteiger charge is 2.90. The lowest BCUT2D eigenvalue weighted by molar-refractivity contribution is -0.536. The molecule has 1 aromatic heterocycles. The molecule has 7 aliphatic rings. The molecule has 4 saturated carbocycles. The van der Waals surface area contributed by atoms with E-state index < -0.39 is 52.2 Å². The summed E-state index contributed by atoms with van der Waals surface area (Å²) in [5.41, 5.74) is 0.887. The maximum absolute atomic E-state index is 14.6. The van der Waals surface area contributed by atoms with Crippen LogP contribution >= 0.6 is 0 Å². The maximum Gasteiger partial charge on any atom is 0.213 e. The van der Waals surface area contributed by atoms with Crippen molar-refractivity contribution in [3.05, 3.63) is 48.2 Å². The highest BCUT2D eigenvalue weighted by atomic mass is 16.8. The van der Waals surface area contributed by atoms with Crippen molar-refractivity contribution < 1.29 is 29.2 Å². The number of ether oxygens (including phenoxy) is 3. The number of aromatic nitrogens is 3. The zero-order valence-corrected chi connectivity index (χ0v) is 28.2. The fraction of sp³-hybridized carbons (Fsp3) is 0.703. The van der Waals surface area contributed by atoms with E-state index in [9.17, 15) is 15.0 Å². The lowest BCUT2D eigenvalue weighted by Gasteiger charge is -2.78. The van der Waals surface area contributed by atoms with Gasteiger partial charge in [-0.25, -0.2) is 4.68 Å². The van der Waals surface area contributed by atoms with Gasteiger partial charge in [-0.2, -0.15) is 0 Å². The van der Waals surface area contributed by atoms with Gasteiger partial charge in [0.2, 0.25) is 5.79 Å². The fourth-order valence-corrected chi connectivity index (χ4v) is 11.6. The number of aliphatic hydroxyl groups is 2. The van der Waals surface area contributed by atoms with Gasteiger partial charge in [0.05, 0.1) is 31.1 Å². The minimum Gasteiger partial charge on any atom is -0.390 e. The summed E-state index contributed by atoms with van der Waals surface area (Å²) in [4.78, 5) is 14.6. The SMILES string of the molecule is C=C1C(=O)[C@@]23[C@@H]4OC(C)(C)OC25OC[C@]2([C@H](O)[C@@H](n6cc(-c7ccc(C(C)(C)C)cc7)nn6)C[C@@](C)(CCC)[C@H]2[C@@H]5O)[C@@H]3CC[C@@H]14.